The van der Waals surface area contributed by atoms with Crippen LogP contribution < -0.4 is 10.9 Å². The van der Waals surface area contributed by atoms with E-state index in [1.54, 1.807) is 17.6 Å². The van der Waals surface area contributed by atoms with Gasteiger partial charge in [-0.05, 0) is 37.5 Å². The third-order valence-corrected chi connectivity index (χ3v) is 7.04. The summed E-state index contributed by atoms with van der Waals surface area (Å²) in [4.78, 5) is 31.0. The lowest BCUT2D eigenvalue weighted by molar-refractivity contribution is -0.121. The summed E-state index contributed by atoms with van der Waals surface area (Å²) in [5.41, 5.74) is 0.675. The number of aromatic nitrogens is 2. The van der Waals surface area contributed by atoms with E-state index in [2.05, 4.69) is 11.4 Å². The van der Waals surface area contributed by atoms with Crippen LogP contribution in [-0.2, 0) is 11.3 Å². The SMILES string of the molecule is CC(Sc1nc2ccccc2c(=O)n1Cc1ccccc1)C(=O)NC1(C#N)CCCCC1. The fourth-order valence-electron chi connectivity index (χ4n) is 4.11. The Hall–Kier alpha value is -3.11. The molecule has 1 N–H and O–H groups in total. The average molecular weight is 447 g/mol. The van der Waals surface area contributed by atoms with Crippen LogP contribution in [0.2, 0.25) is 0 Å². The molecule has 32 heavy (non-hydrogen) atoms. The minimum atomic E-state index is -0.787. The number of nitrogens with zero attached hydrogens (tertiary/aromatic N) is 3. The maximum Gasteiger partial charge on any atom is 0.262 e. The maximum atomic E-state index is 13.3. The molecule has 0 aliphatic heterocycles. The molecule has 1 heterocycles. The first-order valence-electron chi connectivity index (χ1n) is 10.9. The van der Waals surface area contributed by atoms with Crippen LogP contribution in [0.1, 0.15) is 44.6 Å². The molecule has 1 aliphatic rings. The second-order valence-electron chi connectivity index (χ2n) is 8.29. The maximum absolute atomic E-state index is 13.3. The number of nitrogens with one attached hydrogen (secondary N) is 1. The summed E-state index contributed by atoms with van der Waals surface area (Å²) < 4.78 is 1.63. The Kier molecular flexibility index (Phi) is 6.61. The van der Waals surface area contributed by atoms with Crippen molar-refractivity contribution in [1.29, 1.82) is 5.26 Å². The molecular weight excluding hydrogens is 420 g/mol. The number of rotatable bonds is 6. The highest BCUT2D eigenvalue weighted by atomic mass is 32.2. The van der Waals surface area contributed by atoms with E-state index in [1.165, 1.54) is 11.8 Å². The van der Waals surface area contributed by atoms with Crippen LogP contribution >= 0.6 is 11.8 Å². The molecule has 2 aromatic carbocycles. The molecule has 1 aliphatic carbocycles. The predicted octanol–water partition coefficient (Wildman–Crippen LogP) is 4.27. The molecule has 6 nitrogen and oxygen atoms in total. The fraction of sp³-hybridized carbons (Fsp3) is 0.360. The van der Waals surface area contributed by atoms with Gasteiger partial charge in [-0.1, -0.05) is 73.5 Å². The normalized spacial score (nSPS) is 16.2. The summed E-state index contributed by atoms with van der Waals surface area (Å²) in [5.74, 6) is -0.202. The highest BCUT2D eigenvalue weighted by molar-refractivity contribution is 8.00. The van der Waals surface area contributed by atoms with Gasteiger partial charge in [-0.2, -0.15) is 5.26 Å². The van der Waals surface area contributed by atoms with Crippen LogP contribution in [0, 0.1) is 11.3 Å². The summed E-state index contributed by atoms with van der Waals surface area (Å²) in [6.45, 7) is 2.17. The van der Waals surface area contributed by atoms with E-state index in [0.717, 1.165) is 24.8 Å². The van der Waals surface area contributed by atoms with Crippen LogP contribution in [0.3, 0.4) is 0 Å². The summed E-state index contributed by atoms with van der Waals surface area (Å²) in [7, 11) is 0. The fourth-order valence-corrected chi connectivity index (χ4v) is 5.02. The van der Waals surface area contributed by atoms with Crippen LogP contribution in [0.5, 0.6) is 0 Å². The van der Waals surface area contributed by atoms with Crippen LogP contribution in [0.25, 0.3) is 10.9 Å². The van der Waals surface area contributed by atoms with Gasteiger partial charge in [0.25, 0.3) is 5.56 Å². The molecule has 0 saturated heterocycles. The molecule has 164 valence electrons. The minimum absolute atomic E-state index is 0.129. The zero-order valence-corrected chi connectivity index (χ0v) is 18.9. The molecule has 1 unspecified atom stereocenters. The first-order valence-corrected chi connectivity index (χ1v) is 11.8. The third kappa shape index (κ3) is 4.71. The van der Waals surface area contributed by atoms with Crippen molar-refractivity contribution in [2.24, 2.45) is 0 Å². The van der Waals surface area contributed by atoms with E-state index in [1.807, 2.05) is 48.5 Å². The first-order chi connectivity index (χ1) is 15.5. The smallest absolute Gasteiger partial charge is 0.262 e. The number of hydrogen-bond donors (Lipinski definition) is 1. The van der Waals surface area contributed by atoms with Gasteiger partial charge in [0.1, 0.15) is 5.54 Å². The number of nitriles is 1. The molecule has 1 amide bonds. The van der Waals surface area contributed by atoms with Gasteiger partial charge < -0.3 is 5.32 Å². The van der Waals surface area contributed by atoms with Crippen molar-refractivity contribution in [2.75, 3.05) is 0 Å². The summed E-state index contributed by atoms with van der Waals surface area (Å²) in [6, 6.07) is 19.3. The Morgan fingerprint density at radius 2 is 1.84 bits per heavy atom. The van der Waals surface area contributed by atoms with Crippen molar-refractivity contribution in [1.82, 2.24) is 14.9 Å². The van der Waals surface area contributed by atoms with Gasteiger partial charge in [0.15, 0.2) is 5.16 Å². The highest BCUT2D eigenvalue weighted by Crippen LogP contribution is 2.29. The number of para-hydroxylation sites is 1. The monoisotopic (exact) mass is 446 g/mol. The zero-order chi connectivity index (χ0) is 22.6. The lowest BCUT2D eigenvalue weighted by Crippen LogP contribution is -2.51. The number of carbonyl (C=O) groups is 1. The van der Waals surface area contributed by atoms with Crippen LogP contribution in [0.15, 0.2) is 64.5 Å². The predicted molar refractivity (Wildman–Crippen MR) is 126 cm³/mol. The molecule has 0 spiro atoms. The van der Waals surface area contributed by atoms with Crippen molar-refractivity contribution >= 4 is 28.6 Å². The molecule has 1 aromatic heterocycles. The zero-order valence-electron chi connectivity index (χ0n) is 18.1. The molecule has 7 heteroatoms. The van der Waals surface area contributed by atoms with E-state index in [9.17, 15) is 14.9 Å². The summed E-state index contributed by atoms with van der Waals surface area (Å²) >= 11 is 1.25. The number of fused-ring (bicyclic) bond motifs is 1. The molecule has 4 rings (SSSR count). The number of thioether (sulfide) groups is 1. The number of carbonyl (C=O) groups excluding carboxylic acids is 1. The summed E-state index contributed by atoms with van der Waals surface area (Å²) in [6.07, 6.45) is 4.34. The largest absolute Gasteiger partial charge is 0.337 e. The van der Waals surface area contributed by atoms with Crippen LogP contribution in [0.4, 0.5) is 0 Å². The van der Waals surface area contributed by atoms with Crippen molar-refractivity contribution in [3.8, 4) is 6.07 Å². The molecule has 1 fully saturated rings. The molecule has 1 atom stereocenters. The summed E-state index contributed by atoms with van der Waals surface area (Å²) in [5, 5.41) is 13.2. The molecule has 1 saturated carbocycles. The Balaban J connectivity index is 1.64. The Labute approximate surface area is 191 Å². The second-order valence-corrected chi connectivity index (χ2v) is 9.60. The first kappa shape index (κ1) is 22.1. The van der Waals surface area contributed by atoms with E-state index in [4.69, 9.17) is 4.98 Å². The van der Waals surface area contributed by atoms with Crippen molar-refractivity contribution in [3.05, 3.63) is 70.5 Å². The van der Waals surface area contributed by atoms with Gasteiger partial charge in [-0.3, -0.25) is 14.2 Å². The second kappa shape index (κ2) is 9.58. The standard InChI is InChI=1S/C25H26N4O2S/c1-18(22(30)28-25(17-26)14-8-3-9-15-25)32-24-27-21-13-7-6-12-20(21)23(31)29(24)16-19-10-4-2-5-11-19/h2,4-7,10-13,18H,3,8-9,14-16H2,1H3,(H,28,30). The van der Waals surface area contributed by atoms with Crippen molar-refractivity contribution in [2.45, 2.75) is 61.5 Å². The molecule has 3 aromatic rings. The minimum Gasteiger partial charge on any atom is -0.337 e. The van der Waals surface area contributed by atoms with E-state index >= 15 is 0 Å². The van der Waals surface area contributed by atoms with Gasteiger partial charge in [0, 0.05) is 0 Å². The quantitative estimate of drug-likeness (QED) is 0.451. The van der Waals surface area contributed by atoms with Crippen molar-refractivity contribution in [3.63, 3.8) is 0 Å². The molecule has 0 bridgehead atoms. The van der Waals surface area contributed by atoms with Gasteiger partial charge in [-0.25, -0.2) is 4.98 Å². The lowest BCUT2D eigenvalue weighted by atomic mass is 9.83. The number of hydrogen-bond acceptors (Lipinski definition) is 5. The Morgan fingerprint density at radius 3 is 2.56 bits per heavy atom. The van der Waals surface area contributed by atoms with E-state index < -0.39 is 10.8 Å². The van der Waals surface area contributed by atoms with Gasteiger partial charge >= 0.3 is 0 Å². The van der Waals surface area contributed by atoms with Gasteiger partial charge in [0.05, 0.1) is 28.8 Å². The number of amides is 1. The molecule has 0 radical (unpaired) electrons. The Bertz CT molecular complexity index is 1210. The van der Waals surface area contributed by atoms with Crippen molar-refractivity contribution < 1.29 is 4.79 Å². The lowest BCUT2D eigenvalue weighted by Gasteiger charge is -2.32. The van der Waals surface area contributed by atoms with E-state index in [0.29, 0.717) is 35.4 Å². The van der Waals surface area contributed by atoms with Gasteiger partial charge in [-0.15, -0.1) is 0 Å². The average Bonchev–Trinajstić information content (AvgIpc) is 2.82. The highest BCUT2D eigenvalue weighted by Gasteiger charge is 2.35. The third-order valence-electron chi connectivity index (χ3n) is 5.95. The number of benzene rings is 2. The molecular formula is C25H26N4O2S. The van der Waals surface area contributed by atoms with E-state index in [-0.39, 0.29) is 11.5 Å². The van der Waals surface area contributed by atoms with Gasteiger partial charge in [0.2, 0.25) is 5.91 Å². The van der Waals surface area contributed by atoms with Crippen LogP contribution in [-0.4, -0.2) is 26.2 Å². The Morgan fingerprint density at radius 1 is 1.16 bits per heavy atom. The topological polar surface area (TPSA) is 87.8 Å².